The van der Waals surface area contributed by atoms with Gasteiger partial charge in [0, 0.05) is 17.2 Å². The van der Waals surface area contributed by atoms with Gasteiger partial charge in [-0.15, -0.1) is 28.1 Å². The van der Waals surface area contributed by atoms with E-state index in [1.54, 1.807) is 29.4 Å². The largest absolute Gasteiger partial charge is 0.308 e. The van der Waals surface area contributed by atoms with Crippen LogP contribution in [0.1, 0.15) is 4.88 Å². The number of thiophene rings is 1. The summed E-state index contributed by atoms with van der Waals surface area (Å²) in [6, 6.07) is 4.24. The highest BCUT2D eigenvalue weighted by Gasteiger charge is 2.04. The smallest absolute Gasteiger partial charge is 0.191 e. The molecule has 2 aromatic heterocycles. The van der Waals surface area contributed by atoms with Crippen molar-refractivity contribution in [3.8, 4) is 0 Å². The lowest BCUT2D eigenvalue weighted by Crippen LogP contribution is -2.01. The Balaban J connectivity index is 1.93. The minimum Gasteiger partial charge on any atom is -0.308 e. The van der Waals surface area contributed by atoms with Gasteiger partial charge in [0.05, 0.1) is 0 Å². The molecule has 0 fully saturated rings. The first-order valence-corrected chi connectivity index (χ1v) is 6.90. The molecule has 0 unspecified atom stereocenters. The Labute approximate surface area is 103 Å². The molecule has 0 saturated heterocycles. The molecule has 16 heavy (non-hydrogen) atoms. The van der Waals surface area contributed by atoms with Gasteiger partial charge in [0.2, 0.25) is 0 Å². The van der Waals surface area contributed by atoms with Crippen LogP contribution in [0.25, 0.3) is 0 Å². The van der Waals surface area contributed by atoms with Crippen LogP contribution in [0.3, 0.4) is 0 Å². The van der Waals surface area contributed by atoms with Gasteiger partial charge in [-0.25, -0.2) is 0 Å². The number of hydrogen-bond acceptors (Lipinski definition) is 4. The maximum absolute atomic E-state index is 4.09. The number of nitrogens with zero attached hydrogens (tertiary/aromatic N) is 3. The average molecular weight is 251 g/mol. The van der Waals surface area contributed by atoms with E-state index in [-0.39, 0.29) is 0 Å². The van der Waals surface area contributed by atoms with Gasteiger partial charge in [-0.1, -0.05) is 23.9 Å². The van der Waals surface area contributed by atoms with Crippen LogP contribution in [0, 0.1) is 0 Å². The topological polar surface area (TPSA) is 30.7 Å². The molecule has 0 saturated carbocycles. The van der Waals surface area contributed by atoms with Crippen LogP contribution in [0.5, 0.6) is 0 Å². The molecule has 0 amide bonds. The lowest BCUT2D eigenvalue weighted by Gasteiger charge is -2.03. The summed E-state index contributed by atoms with van der Waals surface area (Å²) in [4.78, 5) is 1.40. The maximum atomic E-state index is 4.09. The van der Waals surface area contributed by atoms with Crippen LogP contribution >= 0.6 is 23.1 Å². The molecule has 0 N–H and O–H groups in total. The standard InChI is InChI=1S/C11H13N3S2/c1-2-7-16-11-13-12-9-14(11)6-5-10-4-3-8-15-10/h2-4,8-9H,1,5-7H2. The number of aromatic nitrogens is 3. The van der Waals surface area contributed by atoms with Crippen molar-refractivity contribution in [3.63, 3.8) is 0 Å². The second-order valence-electron chi connectivity index (χ2n) is 3.24. The lowest BCUT2D eigenvalue weighted by molar-refractivity contribution is 0.638. The molecule has 3 nitrogen and oxygen atoms in total. The molecule has 2 heterocycles. The van der Waals surface area contributed by atoms with Crippen molar-refractivity contribution < 1.29 is 0 Å². The van der Waals surface area contributed by atoms with Crippen molar-refractivity contribution in [2.45, 2.75) is 18.1 Å². The van der Waals surface area contributed by atoms with Crippen LogP contribution in [-0.4, -0.2) is 20.5 Å². The molecule has 0 atom stereocenters. The molecule has 0 radical (unpaired) electrons. The second kappa shape index (κ2) is 5.86. The van der Waals surface area contributed by atoms with Gasteiger partial charge in [-0.2, -0.15) is 0 Å². The zero-order valence-electron chi connectivity index (χ0n) is 8.87. The van der Waals surface area contributed by atoms with E-state index in [9.17, 15) is 0 Å². The van der Waals surface area contributed by atoms with Gasteiger partial charge >= 0.3 is 0 Å². The Hall–Kier alpha value is -1.07. The maximum Gasteiger partial charge on any atom is 0.191 e. The Bertz CT molecular complexity index is 434. The zero-order chi connectivity index (χ0) is 11.2. The summed E-state index contributed by atoms with van der Waals surface area (Å²) in [6.45, 7) is 4.64. The summed E-state index contributed by atoms with van der Waals surface area (Å²) in [7, 11) is 0. The Morgan fingerprint density at radius 1 is 1.56 bits per heavy atom. The molecule has 2 rings (SSSR count). The quantitative estimate of drug-likeness (QED) is 0.584. The summed E-state index contributed by atoms with van der Waals surface area (Å²) in [6.07, 6.45) is 4.71. The van der Waals surface area contributed by atoms with Crippen molar-refractivity contribution in [2.75, 3.05) is 5.75 Å². The fourth-order valence-electron chi connectivity index (χ4n) is 1.33. The first-order chi connectivity index (χ1) is 7.90. The zero-order valence-corrected chi connectivity index (χ0v) is 10.5. The summed E-state index contributed by atoms with van der Waals surface area (Å²) < 4.78 is 2.09. The van der Waals surface area contributed by atoms with Crippen molar-refractivity contribution in [2.24, 2.45) is 0 Å². The van der Waals surface area contributed by atoms with Crippen molar-refractivity contribution in [1.29, 1.82) is 0 Å². The normalized spacial score (nSPS) is 10.5. The van der Waals surface area contributed by atoms with Gasteiger partial charge in [-0.3, -0.25) is 0 Å². The van der Waals surface area contributed by atoms with E-state index < -0.39 is 0 Å². The van der Waals surface area contributed by atoms with E-state index in [1.165, 1.54) is 4.88 Å². The lowest BCUT2D eigenvalue weighted by atomic mass is 10.3. The Morgan fingerprint density at radius 2 is 2.50 bits per heavy atom. The van der Waals surface area contributed by atoms with Crippen LogP contribution in [-0.2, 0) is 13.0 Å². The molecule has 0 aliphatic heterocycles. The van der Waals surface area contributed by atoms with Crippen LogP contribution in [0.4, 0.5) is 0 Å². The highest BCUT2D eigenvalue weighted by atomic mass is 32.2. The first kappa shape index (κ1) is 11.4. The molecule has 0 bridgehead atoms. The molecule has 2 aromatic rings. The van der Waals surface area contributed by atoms with Crippen LogP contribution in [0.2, 0.25) is 0 Å². The molecule has 84 valence electrons. The fraction of sp³-hybridized carbons (Fsp3) is 0.273. The van der Waals surface area contributed by atoms with E-state index >= 15 is 0 Å². The highest BCUT2D eigenvalue weighted by molar-refractivity contribution is 7.99. The third-order valence-electron chi connectivity index (χ3n) is 2.09. The third-order valence-corrected chi connectivity index (χ3v) is 4.00. The van der Waals surface area contributed by atoms with Gasteiger partial charge in [0.1, 0.15) is 6.33 Å². The first-order valence-electron chi connectivity index (χ1n) is 5.04. The predicted molar refractivity (Wildman–Crippen MR) is 69.0 cm³/mol. The van der Waals surface area contributed by atoms with Crippen LogP contribution < -0.4 is 0 Å². The molecular formula is C11H13N3S2. The SMILES string of the molecule is C=CCSc1nncn1CCc1cccs1. The summed E-state index contributed by atoms with van der Waals surface area (Å²) in [5.74, 6) is 0.873. The number of hydrogen-bond donors (Lipinski definition) is 0. The van der Waals surface area contributed by atoms with Crippen molar-refractivity contribution in [3.05, 3.63) is 41.4 Å². The van der Waals surface area contributed by atoms with Gasteiger partial charge in [-0.05, 0) is 17.9 Å². The number of thioether (sulfide) groups is 1. The molecule has 0 aliphatic rings. The van der Waals surface area contributed by atoms with Crippen molar-refractivity contribution >= 4 is 23.1 Å². The molecule has 5 heteroatoms. The number of rotatable bonds is 6. The van der Waals surface area contributed by atoms with E-state index in [4.69, 9.17) is 0 Å². The van der Waals surface area contributed by atoms with Crippen LogP contribution in [0.15, 0.2) is 41.7 Å². The molecular weight excluding hydrogens is 238 g/mol. The average Bonchev–Trinajstić information content (AvgIpc) is 2.94. The molecule has 0 aliphatic carbocycles. The monoisotopic (exact) mass is 251 g/mol. The summed E-state index contributed by atoms with van der Waals surface area (Å²) in [5, 5.41) is 11.1. The highest BCUT2D eigenvalue weighted by Crippen LogP contribution is 2.16. The van der Waals surface area contributed by atoms with Gasteiger partial charge in [0.25, 0.3) is 0 Å². The fourth-order valence-corrected chi connectivity index (χ4v) is 2.70. The predicted octanol–water partition coefficient (Wildman–Crippen LogP) is 2.86. The van der Waals surface area contributed by atoms with Gasteiger partial charge in [0.15, 0.2) is 5.16 Å². The molecule has 0 aromatic carbocycles. The third kappa shape index (κ3) is 2.96. The molecule has 0 spiro atoms. The van der Waals surface area contributed by atoms with E-state index in [0.29, 0.717) is 0 Å². The summed E-state index contributed by atoms with van der Waals surface area (Å²) >= 11 is 3.46. The summed E-state index contributed by atoms with van der Waals surface area (Å²) in [5.41, 5.74) is 0. The second-order valence-corrected chi connectivity index (χ2v) is 5.26. The van der Waals surface area contributed by atoms with E-state index in [1.807, 2.05) is 6.08 Å². The minimum absolute atomic E-state index is 0.873. The van der Waals surface area contributed by atoms with Crippen molar-refractivity contribution in [1.82, 2.24) is 14.8 Å². The van der Waals surface area contributed by atoms with E-state index in [0.717, 1.165) is 23.9 Å². The number of aryl methyl sites for hydroxylation is 2. The Morgan fingerprint density at radius 3 is 3.25 bits per heavy atom. The van der Waals surface area contributed by atoms with E-state index in [2.05, 4.69) is 38.9 Å². The minimum atomic E-state index is 0.873. The van der Waals surface area contributed by atoms with Gasteiger partial charge < -0.3 is 4.57 Å². The Kier molecular flexibility index (Phi) is 4.18.